The third kappa shape index (κ3) is 4.31. The quantitative estimate of drug-likeness (QED) is 0.691. The van der Waals surface area contributed by atoms with E-state index in [4.69, 9.17) is 4.42 Å². The Labute approximate surface area is 144 Å². The van der Waals surface area contributed by atoms with Crippen LogP contribution in [-0.2, 0) is 11.2 Å². The van der Waals surface area contributed by atoms with Crippen LogP contribution in [0.25, 0.3) is 10.8 Å². The Morgan fingerprint density at radius 1 is 1.25 bits per heavy atom. The van der Waals surface area contributed by atoms with E-state index in [0.29, 0.717) is 24.6 Å². The number of rotatable bonds is 7. The number of thiophene rings is 1. The molecule has 3 rings (SSSR count). The summed E-state index contributed by atoms with van der Waals surface area (Å²) in [5.41, 5.74) is 1.45. The summed E-state index contributed by atoms with van der Waals surface area (Å²) in [6.45, 7) is 0.407. The lowest BCUT2D eigenvalue weighted by Crippen LogP contribution is -2.27. The number of aromatic nitrogens is 1. The molecule has 0 aliphatic rings. The zero-order chi connectivity index (χ0) is 16.8. The van der Waals surface area contributed by atoms with Gasteiger partial charge in [-0.2, -0.15) is 0 Å². The third-order valence-corrected chi connectivity index (χ3v) is 4.41. The molecule has 24 heavy (non-hydrogen) atoms. The van der Waals surface area contributed by atoms with Gasteiger partial charge < -0.3 is 14.8 Å². The van der Waals surface area contributed by atoms with Crippen molar-refractivity contribution in [1.29, 1.82) is 0 Å². The van der Waals surface area contributed by atoms with E-state index in [2.05, 4.69) is 10.3 Å². The highest BCUT2D eigenvalue weighted by Crippen LogP contribution is 2.23. The monoisotopic (exact) mass is 342 g/mol. The van der Waals surface area contributed by atoms with Crippen molar-refractivity contribution in [3.8, 4) is 10.8 Å². The summed E-state index contributed by atoms with van der Waals surface area (Å²) in [5, 5.41) is 14.8. The van der Waals surface area contributed by atoms with Crippen LogP contribution in [0.1, 0.15) is 23.8 Å². The van der Waals surface area contributed by atoms with Gasteiger partial charge in [0, 0.05) is 6.54 Å². The average molecular weight is 342 g/mol. The van der Waals surface area contributed by atoms with Gasteiger partial charge in [-0.1, -0.05) is 36.4 Å². The smallest absolute Gasteiger partial charge is 0.236 e. The van der Waals surface area contributed by atoms with Crippen LogP contribution >= 0.6 is 11.3 Å². The molecule has 2 heterocycles. The molecule has 6 heteroatoms. The van der Waals surface area contributed by atoms with E-state index in [0.717, 1.165) is 10.4 Å². The van der Waals surface area contributed by atoms with Crippen LogP contribution in [0.5, 0.6) is 0 Å². The van der Waals surface area contributed by atoms with Gasteiger partial charge in [0.2, 0.25) is 11.8 Å². The van der Waals surface area contributed by atoms with Crippen molar-refractivity contribution >= 4 is 17.2 Å². The van der Waals surface area contributed by atoms with Gasteiger partial charge in [0.05, 0.1) is 23.1 Å². The zero-order valence-corrected chi connectivity index (χ0v) is 13.8. The lowest BCUT2D eigenvalue weighted by atomic mass is 10.1. The van der Waals surface area contributed by atoms with E-state index in [1.807, 2.05) is 47.8 Å². The topological polar surface area (TPSA) is 75.4 Å². The molecule has 1 aromatic carbocycles. The molecule has 3 aromatic rings. The second-order valence-electron chi connectivity index (χ2n) is 5.36. The Balaban J connectivity index is 1.44. The third-order valence-electron chi connectivity index (χ3n) is 3.55. The fourth-order valence-corrected chi connectivity index (χ4v) is 2.97. The molecule has 0 bridgehead atoms. The maximum atomic E-state index is 12.0. The zero-order valence-electron chi connectivity index (χ0n) is 13.0. The average Bonchev–Trinajstić information content (AvgIpc) is 3.27. The first-order valence-electron chi connectivity index (χ1n) is 7.70. The second kappa shape index (κ2) is 7.90. The lowest BCUT2D eigenvalue weighted by molar-refractivity contribution is -0.120. The highest BCUT2D eigenvalue weighted by atomic mass is 32.1. The normalized spacial score (nSPS) is 12.0. The molecular weight excluding hydrogens is 324 g/mol. The molecule has 0 fully saturated rings. The Morgan fingerprint density at radius 2 is 2.08 bits per heavy atom. The SMILES string of the molecule is O=C(Cc1coc(-c2cccs2)n1)NCCC(O)c1ccccc1. The molecule has 2 N–H and O–H groups in total. The van der Waals surface area contributed by atoms with Crippen LogP contribution in [0.3, 0.4) is 0 Å². The van der Waals surface area contributed by atoms with Crippen LogP contribution in [0, 0.1) is 0 Å². The minimum Gasteiger partial charge on any atom is -0.444 e. The van der Waals surface area contributed by atoms with Crippen molar-refractivity contribution in [2.75, 3.05) is 6.54 Å². The minimum absolute atomic E-state index is 0.138. The van der Waals surface area contributed by atoms with Gasteiger partial charge in [0.15, 0.2) is 0 Å². The number of nitrogens with one attached hydrogen (secondary N) is 1. The van der Waals surface area contributed by atoms with Crippen molar-refractivity contribution in [2.24, 2.45) is 0 Å². The summed E-state index contributed by atoms with van der Waals surface area (Å²) in [6, 6.07) is 13.3. The van der Waals surface area contributed by atoms with Crippen molar-refractivity contribution in [1.82, 2.24) is 10.3 Å². The number of carbonyl (C=O) groups is 1. The van der Waals surface area contributed by atoms with E-state index >= 15 is 0 Å². The van der Waals surface area contributed by atoms with Gasteiger partial charge in [0.25, 0.3) is 0 Å². The molecule has 0 spiro atoms. The number of aliphatic hydroxyl groups excluding tert-OH is 1. The summed E-state index contributed by atoms with van der Waals surface area (Å²) >= 11 is 1.54. The first-order chi connectivity index (χ1) is 11.7. The van der Waals surface area contributed by atoms with E-state index in [-0.39, 0.29) is 12.3 Å². The first kappa shape index (κ1) is 16.4. The lowest BCUT2D eigenvalue weighted by Gasteiger charge is -2.11. The second-order valence-corrected chi connectivity index (χ2v) is 6.31. The maximum absolute atomic E-state index is 12.0. The summed E-state index contributed by atoms with van der Waals surface area (Å²) in [6.07, 6.45) is 1.56. The molecule has 0 aliphatic carbocycles. The number of hydrogen-bond donors (Lipinski definition) is 2. The molecule has 5 nitrogen and oxygen atoms in total. The fourth-order valence-electron chi connectivity index (χ4n) is 2.32. The molecule has 2 aromatic heterocycles. The van der Waals surface area contributed by atoms with Gasteiger partial charge in [0.1, 0.15) is 6.26 Å². The van der Waals surface area contributed by atoms with Crippen LogP contribution in [0.15, 0.2) is 58.5 Å². The maximum Gasteiger partial charge on any atom is 0.236 e. The fraction of sp³-hybridized carbons (Fsp3) is 0.222. The van der Waals surface area contributed by atoms with Gasteiger partial charge in [-0.15, -0.1) is 11.3 Å². The molecule has 1 unspecified atom stereocenters. The van der Waals surface area contributed by atoms with Crippen molar-refractivity contribution in [2.45, 2.75) is 18.9 Å². The number of benzene rings is 1. The number of oxazole rings is 1. The number of aliphatic hydroxyl groups is 1. The minimum atomic E-state index is -0.580. The van der Waals surface area contributed by atoms with Gasteiger partial charge in [-0.25, -0.2) is 4.98 Å². The summed E-state index contributed by atoms with van der Waals surface area (Å²) in [7, 11) is 0. The highest BCUT2D eigenvalue weighted by Gasteiger charge is 2.12. The molecule has 1 atom stereocenters. The molecule has 0 saturated heterocycles. The molecule has 124 valence electrons. The van der Waals surface area contributed by atoms with Gasteiger partial charge in [-0.3, -0.25) is 4.79 Å². The van der Waals surface area contributed by atoms with E-state index in [9.17, 15) is 9.90 Å². The Kier molecular flexibility index (Phi) is 5.40. The highest BCUT2D eigenvalue weighted by molar-refractivity contribution is 7.13. The number of amides is 1. The molecule has 0 radical (unpaired) electrons. The predicted octanol–water partition coefficient (Wildman–Crippen LogP) is 3.19. The molecule has 0 saturated carbocycles. The van der Waals surface area contributed by atoms with E-state index in [1.54, 1.807) is 0 Å². The van der Waals surface area contributed by atoms with Crippen molar-refractivity contribution < 1.29 is 14.3 Å². The van der Waals surface area contributed by atoms with Crippen LogP contribution in [0.2, 0.25) is 0 Å². The van der Waals surface area contributed by atoms with Gasteiger partial charge >= 0.3 is 0 Å². The van der Waals surface area contributed by atoms with Crippen molar-refractivity contribution in [3.63, 3.8) is 0 Å². The predicted molar refractivity (Wildman–Crippen MR) is 92.5 cm³/mol. The summed E-state index contributed by atoms with van der Waals surface area (Å²) < 4.78 is 5.39. The largest absolute Gasteiger partial charge is 0.444 e. The standard InChI is InChI=1S/C18H18N2O3S/c21-15(13-5-2-1-3-6-13)8-9-19-17(22)11-14-12-23-18(20-14)16-7-4-10-24-16/h1-7,10,12,15,21H,8-9,11H2,(H,19,22). The number of hydrogen-bond acceptors (Lipinski definition) is 5. The summed E-state index contributed by atoms with van der Waals surface area (Å²) in [5.74, 6) is 0.397. The van der Waals surface area contributed by atoms with Crippen LogP contribution in [0.4, 0.5) is 0 Å². The van der Waals surface area contributed by atoms with E-state index in [1.165, 1.54) is 17.6 Å². The molecule has 0 aliphatic heterocycles. The van der Waals surface area contributed by atoms with Crippen LogP contribution in [-0.4, -0.2) is 22.5 Å². The van der Waals surface area contributed by atoms with E-state index < -0.39 is 6.10 Å². The summed E-state index contributed by atoms with van der Waals surface area (Å²) in [4.78, 5) is 17.2. The Morgan fingerprint density at radius 3 is 2.83 bits per heavy atom. The Bertz CT molecular complexity index is 769. The van der Waals surface area contributed by atoms with Crippen molar-refractivity contribution in [3.05, 3.63) is 65.4 Å². The first-order valence-corrected chi connectivity index (χ1v) is 8.58. The van der Waals surface area contributed by atoms with Gasteiger partial charge in [-0.05, 0) is 23.4 Å². The molecular formula is C18H18N2O3S. The molecule has 1 amide bonds. The number of carbonyl (C=O) groups excluding carboxylic acids is 1. The van der Waals surface area contributed by atoms with Crippen LogP contribution < -0.4 is 5.32 Å². The number of nitrogens with zero attached hydrogens (tertiary/aromatic N) is 1. The Hall–Kier alpha value is -2.44.